The standard InChI is InChI=1S/C25H34F2N2O5/c1-16-24(2,3)22(31)25(4,23(32)33-5)20(34-16)8-9-21(30)29-12-10-28(11-13-29)15-17-6-7-18(26)14-19(17)27/h6-7,14,16,20H,8-13,15H2,1-5H3. The third kappa shape index (κ3) is 5.00. The van der Waals surface area contributed by atoms with Crippen LogP contribution in [0.15, 0.2) is 18.2 Å². The number of esters is 1. The number of carbonyl (C=O) groups excluding carboxylic acids is 3. The fourth-order valence-corrected chi connectivity index (χ4v) is 4.80. The molecule has 0 saturated carbocycles. The third-order valence-electron chi connectivity index (χ3n) is 7.45. The van der Waals surface area contributed by atoms with Gasteiger partial charge >= 0.3 is 5.97 Å². The summed E-state index contributed by atoms with van der Waals surface area (Å²) in [5.41, 5.74) is -1.92. The molecular weight excluding hydrogens is 446 g/mol. The molecule has 0 aromatic heterocycles. The Morgan fingerprint density at radius 1 is 1.15 bits per heavy atom. The van der Waals surface area contributed by atoms with Crippen molar-refractivity contribution in [1.29, 1.82) is 0 Å². The molecule has 0 bridgehead atoms. The first-order chi connectivity index (χ1) is 15.9. The van der Waals surface area contributed by atoms with Crippen molar-refractivity contribution < 1.29 is 32.6 Å². The first-order valence-corrected chi connectivity index (χ1v) is 11.6. The molecule has 1 amide bonds. The van der Waals surface area contributed by atoms with Crippen molar-refractivity contribution in [2.45, 2.75) is 59.3 Å². The second-order valence-electron chi connectivity index (χ2n) is 9.94. The van der Waals surface area contributed by atoms with Gasteiger partial charge in [-0.2, -0.15) is 0 Å². The van der Waals surface area contributed by atoms with Crippen molar-refractivity contribution >= 4 is 17.7 Å². The highest BCUT2D eigenvalue weighted by atomic mass is 19.1. The van der Waals surface area contributed by atoms with Crippen LogP contribution in [0.1, 0.15) is 46.1 Å². The minimum absolute atomic E-state index is 0.0895. The van der Waals surface area contributed by atoms with E-state index in [1.807, 2.05) is 4.90 Å². The number of nitrogens with zero attached hydrogens (tertiary/aromatic N) is 2. The van der Waals surface area contributed by atoms with Crippen molar-refractivity contribution in [2.75, 3.05) is 33.3 Å². The predicted molar refractivity (Wildman–Crippen MR) is 121 cm³/mol. The number of ether oxygens (including phenoxy) is 2. The molecule has 3 unspecified atom stereocenters. The minimum Gasteiger partial charge on any atom is -0.468 e. The lowest BCUT2D eigenvalue weighted by atomic mass is 9.64. The Bertz CT molecular complexity index is 945. The van der Waals surface area contributed by atoms with Crippen LogP contribution in [0.3, 0.4) is 0 Å². The summed E-state index contributed by atoms with van der Waals surface area (Å²) in [7, 11) is 1.24. The summed E-state index contributed by atoms with van der Waals surface area (Å²) < 4.78 is 38.1. The molecule has 0 aliphatic carbocycles. The zero-order valence-corrected chi connectivity index (χ0v) is 20.5. The van der Waals surface area contributed by atoms with E-state index in [4.69, 9.17) is 9.47 Å². The Balaban J connectivity index is 1.57. The molecule has 0 spiro atoms. The molecular formula is C25H34F2N2O5. The summed E-state index contributed by atoms with van der Waals surface area (Å²) in [6.45, 7) is 9.26. The number of Topliss-reactive ketones (excluding diaryl/α,β-unsaturated/α-hetero) is 1. The summed E-state index contributed by atoms with van der Waals surface area (Å²) >= 11 is 0. The summed E-state index contributed by atoms with van der Waals surface area (Å²) in [5, 5.41) is 0. The number of hydrogen-bond acceptors (Lipinski definition) is 6. The fourth-order valence-electron chi connectivity index (χ4n) is 4.80. The molecule has 2 aliphatic rings. The van der Waals surface area contributed by atoms with E-state index in [2.05, 4.69) is 0 Å². The van der Waals surface area contributed by atoms with Gasteiger partial charge in [0.25, 0.3) is 0 Å². The minimum atomic E-state index is -1.48. The van der Waals surface area contributed by atoms with E-state index < -0.39 is 40.6 Å². The van der Waals surface area contributed by atoms with E-state index in [9.17, 15) is 23.2 Å². The maximum absolute atomic E-state index is 13.9. The van der Waals surface area contributed by atoms with E-state index in [1.165, 1.54) is 26.2 Å². The van der Waals surface area contributed by atoms with Crippen LogP contribution >= 0.6 is 0 Å². The average molecular weight is 481 g/mol. The first kappa shape index (κ1) is 26.2. The molecule has 0 radical (unpaired) electrons. The molecule has 34 heavy (non-hydrogen) atoms. The van der Waals surface area contributed by atoms with Crippen LogP contribution in [0.5, 0.6) is 0 Å². The van der Waals surface area contributed by atoms with Gasteiger partial charge in [-0.1, -0.05) is 19.9 Å². The fraction of sp³-hybridized carbons (Fsp3) is 0.640. The van der Waals surface area contributed by atoms with Crippen LogP contribution in [0, 0.1) is 22.5 Å². The predicted octanol–water partition coefficient (Wildman–Crippen LogP) is 2.95. The number of hydrogen-bond donors (Lipinski definition) is 0. The van der Waals surface area contributed by atoms with Gasteiger partial charge in [0.05, 0.1) is 24.7 Å². The van der Waals surface area contributed by atoms with Gasteiger partial charge in [0.15, 0.2) is 5.78 Å². The highest BCUT2D eigenvalue weighted by molar-refractivity contribution is 6.07. The molecule has 2 heterocycles. The third-order valence-corrected chi connectivity index (χ3v) is 7.45. The molecule has 7 nitrogen and oxygen atoms in total. The largest absolute Gasteiger partial charge is 0.468 e. The topological polar surface area (TPSA) is 76.2 Å². The van der Waals surface area contributed by atoms with Gasteiger partial charge in [0.2, 0.25) is 5.91 Å². The smallest absolute Gasteiger partial charge is 0.321 e. The van der Waals surface area contributed by atoms with Crippen LogP contribution < -0.4 is 0 Å². The van der Waals surface area contributed by atoms with E-state index in [-0.39, 0.29) is 24.5 Å². The normalized spacial score (nSPS) is 27.5. The molecule has 2 aliphatic heterocycles. The Morgan fingerprint density at radius 2 is 1.79 bits per heavy atom. The summed E-state index contributed by atoms with van der Waals surface area (Å²) in [6.07, 6.45) is -0.822. The summed E-state index contributed by atoms with van der Waals surface area (Å²) in [4.78, 5) is 42.5. The van der Waals surface area contributed by atoms with Crippen LogP contribution in [0.25, 0.3) is 0 Å². The summed E-state index contributed by atoms with van der Waals surface area (Å²) in [5.74, 6) is -2.18. The van der Waals surface area contributed by atoms with Gasteiger partial charge in [0.1, 0.15) is 17.0 Å². The molecule has 2 saturated heterocycles. The number of halogens is 2. The molecule has 3 atom stereocenters. The number of rotatable bonds is 6. The Kier molecular flexibility index (Phi) is 7.77. The van der Waals surface area contributed by atoms with Crippen LogP contribution in [-0.4, -0.2) is 73.0 Å². The highest BCUT2D eigenvalue weighted by Crippen LogP contribution is 2.45. The van der Waals surface area contributed by atoms with Gasteiger partial charge in [-0.05, 0) is 26.3 Å². The van der Waals surface area contributed by atoms with Gasteiger partial charge in [0, 0.05) is 50.8 Å². The first-order valence-electron chi connectivity index (χ1n) is 11.6. The van der Waals surface area contributed by atoms with Crippen molar-refractivity contribution in [3.63, 3.8) is 0 Å². The van der Waals surface area contributed by atoms with Crippen molar-refractivity contribution in [3.05, 3.63) is 35.4 Å². The van der Waals surface area contributed by atoms with Crippen molar-refractivity contribution in [1.82, 2.24) is 9.80 Å². The van der Waals surface area contributed by atoms with E-state index in [0.717, 1.165) is 6.07 Å². The maximum Gasteiger partial charge on any atom is 0.321 e. The molecule has 9 heteroatoms. The quantitative estimate of drug-likeness (QED) is 0.460. The van der Waals surface area contributed by atoms with Crippen LogP contribution in [0.4, 0.5) is 8.78 Å². The number of ketones is 1. The van der Waals surface area contributed by atoms with Gasteiger partial charge in [-0.15, -0.1) is 0 Å². The van der Waals surface area contributed by atoms with E-state index in [0.29, 0.717) is 38.3 Å². The molecule has 188 valence electrons. The number of amides is 1. The second-order valence-corrected chi connectivity index (χ2v) is 9.94. The lowest BCUT2D eigenvalue weighted by Gasteiger charge is -2.48. The van der Waals surface area contributed by atoms with E-state index >= 15 is 0 Å². The Morgan fingerprint density at radius 3 is 2.38 bits per heavy atom. The zero-order chi connectivity index (χ0) is 25.3. The van der Waals surface area contributed by atoms with Gasteiger partial charge in [-0.25, -0.2) is 8.78 Å². The molecule has 3 rings (SSSR count). The highest BCUT2D eigenvalue weighted by Gasteiger charge is 2.60. The van der Waals surface area contributed by atoms with Crippen LogP contribution in [-0.2, 0) is 30.4 Å². The number of piperazine rings is 1. The van der Waals surface area contributed by atoms with Crippen molar-refractivity contribution in [3.8, 4) is 0 Å². The average Bonchev–Trinajstić information content (AvgIpc) is 2.81. The lowest BCUT2D eigenvalue weighted by Crippen LogP contribution is -2.61. The van der Waals surface area contributed by atoms with Crippen LogP contribution in [0.2, 0.25) is 0 Å². The number of methoxy groups -OCH3 is 1. The van der Waals surface area contributed by atoms with Crippen molar-refractivity contribution in [2.24, 2.45) is 10.8 Å². The molecule has 1 aromatic rings. The molecule has 0 N–H and O–H groups in total. The number of benzene rings is 1. The SMILES string of the molecule is COC(=O)C1(C)C(=O)C(C)(C)C(C)OC1CCC(=O)N1CCN(Cc2ccc(F)cc2F)CC1. The summed E-state index contributed by atoms with van der Waals surface area (Å²) in [6, 6.07) is 3.55. The number of carbonyl (C=O) groups is 3. The van der Waals surface area contributed by atoms with Gasteiger partial charge < -0.3 is 14.4 Å². The Labute approximate surface area is 199 Å². The van der Waals surface area contributed by atoms with Gasteiger partial charge in [-0.3, -0.25) is 19.3 Å². The lowest BCUT2D eigenvalue weighted by molar-refractivity contribution is -0.200. The zero-order valence-electron chi connectivity index (χ0n) is 20.5. The second kappa shape index (κ2) is 10.1. The monoisotopic (exact) mass is 480 g/mol. The van der Waals surface area contributed by atoms with E-state index in [1.54, 1.807) is 25.7 Å². The molecule has 2 fully saturated rings. The molecule has 1 aromatic carbocycles. The maximum atomic E-state index is 13.9. The Hall–Kier alpha value is -2.39.